The average molecular weight is 1080 g/mol. The molecule has 3 aromatic heterocycles. The van der Waals surface area contributed by atoms with Gasteiger partial charge in [-0.3, -0.25) is 19.0 Å². The van der Waals surface area contributed by atoms with Crippen molar-refractivity contribution in [3.8, 4) is 0 Å². The molecule has 23 heteroatoms. The van der Waals surface area contributed by atoms with Crippen LogP contribution in [0.5, 0.6) is 0 Å². The summed E-state index contributed by atoms with van der Waals surface area (Å²) in [5.41, 5.74) is 10.3. The molecule has 0 bridgehead atoms. The first kappa shape index (κ1) is 56.0. The van der Waals surface area contributed by atoms with E-state index in [0.717, 1.165) is 11.8 Å². The van der Waals surface area contributed by atoms with Crippen molar-refractivity contribution in [2.45, 2.75) is 90.8 Å². The second kappa shape index (κ2) is 25.1. The number of nitrogens with two attached hydrogens (primary N) is 1. The van der Waals surface area contributed by atoms with Gasteiger partial charge < -0.3 is 31.2 Å². The molecule has 2 aliphatic rings. The molecule has 0 aliphatic heterocycles. The monoisotopic (exact) mass is 1080 g/mol. The summed E-state index contributed by atoms with van der Waals surface area (Å²) < 4.78 is 70.2. The van der Waals surface area contributed by atoms with Gasteiger partial charge in [-0.25, -0.2) is 36.7 Å². The first-order valence-electron chi connectivity index (χ1n) is 22.9. The lowest BCUT2D eigenvalue weighted by atomic mass is 10.0. The molecule has 0 radical (unpaired) electrons. The molecule has 3 heterocycles. The summed E-state index contributed by atoms with van der Waals surface area (Å²) in [4.78, 5) is 52.8. The number of nitrogens with one attached hydrogen (secondary N) is 3. The van der Waals surface area contributed by atoms with E-state index in [-0.39, 0.29) is 64.7 Å². The quantitative estimate of drug-likeness (QED) is 0.0903. The molecular weight excluding hydrogens is 1030 g/mol. The van der Waals surface area contributed by atoms with Crippen molar-refractivity contribution in [1.29, 1.82) is 0 Å². The third-order valence-corrected chi connectivity index (χ3v) is 12.2. The maximum Gasteiger partial charge on any atom is 0.419 e. The van der Waals surface area contributed by atoms with Gasteiger partial charge in [-0.15, -0.1) is 12.4 Å². The minimum Gasteiger partial charge on any atom is -0.443 e. The fourth-order valence-corrected chi connectivity index (χ4v) is 8.33. The summed E-state index contributed by atoms with van der Waals surface area (Å²) in [5, 5.41) is 16.4. The van der Waals surface area contributed by atoms with Gasteiger partial charge >= 0.3 is 12.2 Å². The Morgan fingerprint density at radius 2 is 1.16 bits per heavy atom. The van der Waals surface area contributed by atoms with Gasteiger partial charge in [-0.05, 0) is 137 Å². The lowest BCUT2D eigenvalue weighted by Gasteiger charge is -2.16. The van der Waals surface area contributed by atoms with Gasteiger partial charge in [-0.1, -0.05) is 23.2 Å². The highest BCUT2D eigenvalue weighted by atomic mass is 35.5. The number of nitrogens with zero attached hydrogens (tertiary/aromatic N) is 6. The topological polar surface area (TPSA) is 202 Å². The molecule has 5 N–H and O–H groups in total. The molecule has 0 unspecified atom stereocenters. The normalized spacial score (nSPS) is 14.1. The second-order valence-electron chi connectivity index (χ2n) is 17.4. The SMILES string of the molecule is CC(C)n1ccc(COC(=O)N[C@H]2CCc3c(C(=O)Nc4ccc(F)c(Cl)c4)ccc(F)c32)n1.CC(C)n1ccc(COC(=O)n2ccnc2)n1.Cl.N[C@H]1CCc2c(C(=O)Nc3ccc(F)c(Cl)c3)ccc(F)c21. The van der Waals surface area contributed by atoms with Crippen LogP contribution in [0, 0.1) is 23.3 Å². The predicted octanol–water partition coefficient (Wildman–Crippen LogP) is 11.6. The number of imidazole rings is 1. The first-order chi connectivity index (χ1) is 34.9. The van der Waals surface area contributed by atoms with E-state index in [2.05, 4.69) is 31.1 Å². The van der Waals surface area contributed by atoms with Gasteiger partial charge in [0.15, 0.2) is 0 Å². The van der Waals surface area contributed by atoms with Gasteiger partial charge in [0, 0.05) is 76.5 Å². The summed E-state index contributed by atoms with van der Waals surface area (Å²) in [6.07, 6.45) is 8.94. The molecule has 3 amide bonds. The number of hydrogen-bond acceptors (Lipinski definition) is 10. The molecule has 9 rings (SSSR count). The Morgan fingerprint density at radius 3 is 1.65 bits per heavy atom. The highest BCUT2D eigenvalue weighted by Crippen LogP contribution is 2.37. The molecule has 2 aliphatic carbocycles. The summed E-state index contributed by atoms with van der Waals surface area (Å²) >= 11 is 11.5. The van der Waals surface area contributed by atoms with Crippen molar-refractivity contribution < 1.29 is 46.2 Å². The molecule has 0 spiro atoms. The van der Waals surface area contributed by atoms with Gasteiger partial charge in [0.25, 0.3) is 11.8 Å². The molecule has 7 aromatic rings. The predicted molar refractivity (Wildman–Crippen MR) is 271 cm³/mol. The van der Waals surface area contributed by atoms with Crippen LogP contribution < -0.4 is 21.7 Å². The van der Waals surface area contributed by atoms with Gasteiger partial charge in [0.05, 0.1) is 16.1 Å². The van der Waals surface area contributed by atoms with Crippen LogP contribution in [0.2, 0.25) is 10.0 Å². The van der Waals surface area contributed by atoms with Gasteiger partial charge in [-0.2, -0.15) is 10.2 Å². The molecule has 390 valence electrons. The van der Waals surface area contributed by atoms with Gasteiger partial charge in [0.2, 0.25) is 0 Å². The van der Waals surface area contributed by atoms with E-state index in [4.69, 9.17) is 38.4 Å². The zero-order chi connectivity index (χ0) is 52.5. The number of anilines is 2. The number of amides is 3. The number of alkyl carbamates (subject to hydrolysis) is 1. The summed E-state index contributed by atoms with van der Waals surface area (Å²) in [5.74, 6) is -2.95. The van der Waals surface area contributed by atoms with E-state index < -0.39 is 47.5 Å². The van der Waals surface area contributed by atoms with Crippen LogP contribution in [0.4, 0.5) is 38.5 Å². The fraction of sp³-hybridized carbons (Fsp3) is 0.275. The number of carbonyl (C=O) groups excluding carboxylic acids is 4. The number of rotatable bonds is 11. The molecule has 74 heavy (non-hydrogen) atoms. The van der Waals surface area contributed by atoms with Crippen LogP contribution >= 0.6 is 35.6 Å². The zero-order valence-electron chi connectivity index (χ0n) is 40.3. The van der Waals surface area contributed by atoms with E-state index in [1.807, 2.05) is 44.6 Å². The highest BCUT2D eigenvalue weighted by Gasteiger charge is 2.32. The van der Waals surface area contributed by atoms with E-state index in [1.165, 1.54) is 77.9 Å². The number of carbonyl (C=O) groups is 4. The number of hydrogen-bond donors (Lipinski definition) is 4. The van der Waals surface area contributed by atoms with Crippen molar-refractivity contribution in [3.05, 3.63) is 182 Å². The average Bonchev–Trinajstić information content (AvgIpc) is 4.23. The number of aromatic nitrogens is 6. The molecule has 0 saturated heterocycles. The second-order valence-corrected chi connectivity index (χ2v) is 18.2. The van der Waals surface area contributed by atoms with Crippen molar-refractivity contribution in [2.75, 3.05) is 10.6 Å². The Kier molecular flexibility index (Phi) is 19.0. The van der Waals surface area contributed by atoms with Crippen molar-refractivity contribution >= 4 is 71.0 Å². The maximum absolute atomic E-state index is 14.7. The summed E-state index contributed by atoms with van der Waals surface area (Å²) in [7, 11) is 0. The van der Waals surface area contributed by atoms with E-state index >= 15 is 0 Å². The van der Waals surface area contributed by atoms with E-state index in [0.29, 0.717) is 71.0 Å². The Labute approximate surface area is 438 Å². The van der Waals surface area contributed by atoms with Crippen LogP contribution in [-0.4, -0.2) is 53.1 Å². The molecule has 0 fully saturated rings. The third kappa shape index (κ3) is 13.9. The number of fused-ring (bicyclic) bond motifs is 2. The van der Waals surface area contributed by atoms with E-state index in [9.17, 15) is 36.7 Å². The minimum atomic E-state index is -0.702. The van der Waals surface area contributed by atoms with Crippen LogP contribution in [0.25, 0.3) is 0 Å². The Bertz CT molecular complexity index is 3130. The molecule has 2 atom stereocenters. The number of halogens is 7. The third-order valence-electron chi connectivity index (χ3n) is 11.6. The maximum atomic E-state index is 14.7. The highest BCUT2D eigenvalue weighted by molar-refractivity contribution is 6.31. The number of benzene rings is 4. The van der Waals surface area contributed by atoms with E-state index in [1.54, 1.807) is 16.9 Å². The summed E-state index contributed by atoms with van der Waals surface area (Å²) in [6, 6.07) is 16.0. The van der Waals surface area contributed by atoms with Crippen LogP contribution in [0.1, 0.15) is 119 Å². The molecule has 4 aromatic carbocycles. The molecular formula is C51H51Cl3F4N10O6. The Morgan fingerprint density at radius 1 is 0.676 bits per heavy atom. The Balaban J connectivity index is 0.000000192. The minimum absolute atomic E-state index is 0. The Hall–Kier alpha value is -7.26. The fourth-order valence-electron chi connectivity index (χ4n) is 7.96. The lowest BCUT2D eigenvalue weighted by molar-refractivity contribution is 0.101. The largest absolute Gasteiger partial charge is 0.443 e. The molecule has 16 nitrogen and oxygen atoms in total. The van der Waals surface area contributed by atoms with Crippen LogP contribution in [0.3, 0.4) is 0 Å². The van der Waals surface area contributed by atoms with Crippen molar-refractivity contribution in [1.82, 2.24) is 34.4 Å². The van der Waals surface area contributed by atoms with Crippen LogP contribution in [0.15, 0.2) is 104 Å². The van der Waals surface area contributed by atoms with Crippen molar-refractivity contribution in [2.24, 2.45) is 5.73 Å². The first-order valence-corrected chi connectivity index (χ1v) is 23.7. The van der Waals surface area contributed by atoms with Crippen molar-refractivity contribution in [3.63, 3.8) is 0 Å². The lowest BCUT2D eigenvalue weighted by Crippen LogP contribution is -2.28. The van der Waals surface area contributed by atoms with Gasteiger partial charge in [0.1, 0.15) is 54.2 Å². The standard InChI is InChI=1S/C24H23ClF2N4O3.C16H13ClF2N2O.C11H14N4O2.ClH/c1-13(2)31-10-9-15(30-31)12-34-24(33)29-21-8-5-16-17(4-7-20(27)22(16)21)23(32)28-14-3-6-19(26)18(25)11-14;17-11-7-8(1-4-12(11)18)21-16(22)10-2-5-13(19)15-9(10)3-6-14(15)20;1-9(2)15-5-3-10(13-15)7-17-11(16)14-6-4-12-8-14;/h3-4,6-7,9-11,13,21H,5,8,12H2,1-2H3,(H,28,32)(H,29,33);1-2,4-5,7,14H,3,6,20H2,(H,21,22);3-6,8-9H,7H2,1-2H3;1H/t21-;14-;;/m00../s1. The zero-order valence-corrected chi connectivity index (χ0v) is 42.6. The molecule has 0 saturated carbocycles. The summed E-state index contributed by atoms with van der Waals surface area (Å²) in [6.45, 7) is 8.19. The smallest absolute Gasteiger partial charge is 0.419 e. The van der Waals surface area contributed by atoms with Crippen LogP contribution in [-0.2, 0) is 35.5 Å². The number of ether oxygens (including phenoxy) is 2.